The number of aliphatic hydroxyl groups excluding tert-OH is 1. The molecule has 1 saturated carbocycles. The van der Waals surface area contributed by atoms with Crippen LogP contribution in [0, 0.1) is 0 Å². The van der Waals surface area contributed by atoms with Crippen LogP contribution in [0.15, 0.2) is 18.5 Å². The van der Waals surface area contributed by atoms with Crippen LogP contribution < -0.4 is 4.72 Å². The molecule has 0 unspecified atom stereocenters. The molecule has 4 nitrogen and oxygen atoms in total. The monoisotopic (exact) mass is 417 g/mol. The summed E-state index contributed by atoms with van der Waals surface area (Å²) in [6.45, 7) is -0.158. The molecule has 0 bridgehead atoms. The van der Waals surface area contributed by atoms with Crippen molar-refractivity contribution in [2.45, 2.75) is 36.1 Å². The van der Waals surface area contributed by atoms with Crippen molar-refractivity contribution in [3.8, 4) is 0 Å². The highest BCUT2D eigenvalue weighted by molar-refractivity contribution is 9.12. The summed E-state index contributed by atoms with van der Waals surface area (Å²) in [5, 5.41) is 9.46. The highest BCUT2D eigenvalue weighted by Gasteiger charge is 2.38. The summed E-state index contributed by atoms with van der Waals surface area (Å²) in [5.41, 5.74) is -0.688. The SMILES string of the molecule is O=S(=O)(NC1(CO)CCCC1)c1cc(Br)sc1Br. The number of nitrogens with one attached hydrogen (secondary N) is 1. The minimum atomic E-state index is -3.60. The van der Waals surface area contributed by atoms with Gasteiger partial charge in [0.1, 0.15) is 4.90 Å². The minimum absolute atomic E-state index is 0.158. The average Bonchev–Trinajstić information content (AvgIpc) is 2.86. The Bertz CT molecular complexity index is 535. The van der Waals surface area contributed by atoms with Crippen LogP contribution in [-0.4, -0.2) is 25.7 Å². The molecule has 2 N–H and O–H groups in total. The van der Waals surface area contributed by atoms with Gasteiger partial charge >= 0.3 is 0 Å². The maximum atomic E-state index is 12.3. The highest BCUT2D eigenvalue weighted by Crippen LogP contribution is 2.37. The Morgan fingerprint density at radius 2 is 2.00 bits per heavy atom. The Morgan fingerprint density at radius 3 is 2.44 bits per heavy atom. The van der Waals surface area contributed by atoms with Crippen molar-refractivity contribution in [2.24, 2.45) is 0 Å². The molecule has 0 aliphatic heterocycles. The Labute approximate surface area is 127 Å². The molecule has 0 amide bonds. The first-order valence-corrected chi connectivity index (χ1v) is 9.37. The van der Waals surface area contributed by atoms with E-state index in [0.717, 1.165) is 16.6 Å². The van der Waals surface area contributed by atoms with Crippen molar-refractivity contribution < 1.29 is 13.5 Å². The maximum absolute atomic E-state index is 12.3. The maximum Gasteiger partial charge on any atom is 0.243 e. The van der Waals surface area contributed by atoms with E-state index in [9.17, 15) is 13.5 Å². The number of aliphatic hydroxyl groups is 1. The first-order valence-electron chi connectivity index (χ1n) is 5.48. The molecule has 102 valence electrons. The van der Waals surface area contributed by atoms with Crippen molar-refractivity contribution in [3.63, 3.8) is 0 Å². The van der Waals surface area contributed by atoms with E-state index >= 15 is 0 Å². The Hall–Kier alpha value is 0.530. The summed E-state index contributed by atoms with van der Waals surface area (Å²) in [7, 11) is -3.60. The van der Waals surface area contributed by atoms with Crippen molar-refractivity contribution in [1.82, 2.24) is 4.72 Å². The summed E-state index contributed by atoms with van der Waals surface area (Å²) < 4.78 is 28.6. The van der Waals surface area contributed by atoms with Crippen LogP contribution >= 0.6 is 43.2 Å². The molecular weight excluding hydrogens is 406 g/mol. The van der Waals surface area contributed by atoms with E-state index in [1.54, 1.807) is 6.07 Å². The Balaban J connectivity index is 2.29. The van der Waals surface area contributed by atoms with Gasteiger partial charge in [-0.3, -0.25) is 0 Å². The molecule has 1 aromatic heterocycles. The standard InChI is InChI=1S/C10H13Br2NO3S2/c11-8-5-7(9(12)17-8)18(15,16)13-10(6-14)3-1-2-4-10/h5,13-14H,1-4,6H2. The first-order chi connectivity index (χ1) is 8.38. The third kappa shape index (κ3) is 2.99. The number of sulfonamides is 1. The molecule has 18 heavy (non-hydrogen) atoms. The van der Waals surface area contributed by atoms with Crippen LogP contribution in [0.3, 0.4) is 0 Å². The van der Waals surface area contributed by atoms with Crippen LogP contribution in [0.25, 0.3) is 0 Å². The van der Waals surface area contributed by atoms with E-state index in [4.69, 9.17) is 0 Å². The van der Waals surface area contributed by atoms with Gasteiger partial charge in [0.15, 0.2) is 0 Å². The molecule has 8 heteroatoms. The Kier molecular flexibility index (Phi) is 4.56. The molecular formula is C10H13Br2NO3S2. The fourth-order valence-corrected chi connectivity index (χ4v) is 7.46. The third-order valence-corrected chi connectivity index (χ3v) is 7.46. The molecule has 1 aliphatic rings. The van der Waals surface area contributed by atoms with E-state index in [0.29, 0.717) is 16.6 Å². The molecule has 1 heterocycles. The molecule has 2 rings (SSSR count). The lowest BCUT2D eigenvalue weighted by molar-refractivity contribution is 0.185. The number of halogens is 2. The van der Waals surface area contributed by atoms with Gasteiger partial charge in [0, 0.05) is 0 Å². The molecule has 0 aromatic carbocycles. The second kappa shape index (κ2) is 5.49. The lowest BCUT2D eigenvalue weighted by Crippen LogP contribution is -2.49. The second-order valence-corrected chi connectivity index (χ2v) is 9.84. The smallest absolute Gasteiger partial charge is 0.243 e. The topological polar surface area (TPSA) is 66.4 Å². The summed E-state index contributed by atoms with van der Waals surface area (Å²) in [4.78, 5) is 0.221. The largest absolute Gasteiger partial charge is 0.394 e. The number of thiophene rings is 1. The zero-order valence-electron chi connectivity index (χ0n) is 9.45. The predicted octanol–water partition coefficient (Wildman–Crippen LogP) is 2.86. The van der Waals surface area contributed by atoms with Gasteiger partial charge in [-0.15, -0.1) is 11.3 Å². The fraction of sp³-hybridized carbons (Fsp3) is 0.600. The molecule has 0 radical (unpaired) electrons. The highest BCUT2D eigenvalue weighted by atomic mass is 79.9. The normalized spacial score (nSPS) is 19.3. The first kappa shape index (κ1) is 14.9. The summed E-state index contributed by atoms with van der Waals surface area (Å²) in [6.07, 6.45) is 3.26. The van der Waals surface area contributed by atoms with Crippen molar-refractivity contribution >= 4 is 53.2 Å². The van der Waals surface area contributed by atoms with Gasteiger partial charge in [-0.2, -0.15) is 0 Å². The van der Waals surface area contributed by atoms with Crippen LogP contribution in [0.5, 0.6) is 0 Å². The zero-order valence-corrected chi connectivity index (χ0v) is 14.3. The van der Waals surface area contributed by atoms with Gasteiger partial charge in [-0.05, 0) is 50.8 Å². The predicted molar refractivity (Wildman–Crippen MR) is 78.3 cm³/mol. The lowest BCUT2D eigenvalue weighted by atomic mass is 10.0. The number of hydrogen-bond acceptors (Lipinski definition) is 4. The van der Waals surface area contributed by atoms with Crippen LogP contribution in [-0.2, 0) is 10.0 Å². The van der Waals surface area contributed by atoms with Crippen LogP contribution in [0.2, 0.25) is 0 Å². The van der Waals surface area contributed by atoms with Gasteiger partial charge in [0.05, 0.1) is 19.7 Å². The van der Waals surface area contributed by atoms with Gasteiger partial charge in [-0.25, -0.2) is 13.1 Å². The number of hydrogen-bond donors (Lipinski definition) is 2. The van der Waals surface area contributed by atoms with Gasteiger partial charge in [0.2, 0.25) is 10.0 Å². The average molecular weight is 419 g/mol. The van der Waals surface area contributed by atoms with Crippen molar-refractivity contribution in [3.05, 3.63) is 13.6 Å². The molecule has 0 spiro atoms. The van der Waals surface area contributed by atoms with Crippen molar-refractivity contribution in [2.75, 3.05) is 6.61 Å². The molecule has 0 atom stereocenters. The van der Waals surface area contributed by atoms with Crippen LogP contribution in [0.4, 0.5) is 0 Å². The van der Waals surface area contributed by atoms with E-state index in [2.05, 4.69) is 36.6 Å². The Morgan fingerprint density at radius 1 is 1.39 bits per heavy atom. The molecule has 0 saturated heterocycles. The molecule has 1 aromatic rings. The third-order valence-electron chi connectivity index (χ3n) is 3.13. The van der Waals surface area contributed by atoms with E-state index < -0.39 is 15.6 Å². The van der Waals surface area contributed by atoms with Gasteiger partial charge in [-0.1, -0.05) is 12.8 Å². The summed E-state index contributed by atoms with van der Waals surface area (Å²) in [6, 6.07) is 1.57. The zero-order chi connectivity index (χ0) is 13.4. The van der Waals surface area contributed by atoms with E-state index in [-0.39, 0.29) is 11.5 Å². The molecule has 1 aliphatic carbocycles. The molecule has 1 fully saturated rings. The van der Waals surface area contributed by atoms with Crippen molar-refractivity contribution in [1.29, 1.82) is 0 Å². The minimum Gasteiger partial charge on any atom is -0.394 e. The number of rotatable bonds is 4. The van der Waals surface area contributed by atoms with Gasteiger partial charge in [0.25, 0.3) is 0 Å². The van der Waals surface area contributed by atoms with Gasteiger partial charge < -0.3 is 5.11 Å². The van der Waals surface area contributed by atoms with E-state index in [1.807, 2.05) is 0 Å². The van der Waals surface area contributed by atoms with E-state index in [1.165, 1.54) is 11.3 Å². The second-order valence-electron chi connectivity index (χ2n) is 4.44. The quantitative estimate of drug-likeness (QED) is 0.789. The fourth-order valence-electron chi connectivity index (χ4n) is 2.19. The lowest BCUT2D eigenvalue weighted by Gasteiger charge is -2.27. The summed E-state index contributed by atoms with van der Waals surface area (Å²) in [5.74, 6) is 0. The summed E-state index contributed by atoms with van der Waals surface area (Å²) >= 11 is 7.83. The van der Waals surface area contributed by atoms with Crippen LogP contribution in [0.1, 0.15) is 25.7 Å².